The van der Waals surface area contributed by atoms with Gasteiger partial charge in [0.2, 0.25) is 0 Å². The van der Waals surface area contributed by atoms with Crippen LogP contribution in [0.5, 0.6) is 0 Å². The summed E-state index contributed by atoms with van der Waals surface area (Å²) in [5, 5.41) is 3.72. The largest absolute Gasteiger partial charge is 0.314 e. The van der Waals surface area contributed by atoms with E-state index in [2.05, 4.69) is 10.0 Å². The monoisotopic (exact) mass is 289 g/mol. The van der Waals surface area contributed by atoms with Crippen molar-refractivity contribution in [3.63, 3.8) is 0 Å². The second kappa shape index (κ2) is 5.99. The van der Waals surface area contributed by atoms with Crippen LogP contribution in [0.4, 0.5) is 0 Å². The fourth-order valence-corrected chi connectivity index (χ4v) is 3.21. The topological polar surface area (TPSA) is 61.4 Å². The predicted octanol–water partition coefficient (Wildman–Crippen LogP) is 0.580. The van der Waals surface area contributed by atoms with Gasteiger partial charge in [-0.3, -0.25) is 0 Å². The summed E-state index contributed by atoms with van der Waals surface area (Å²) < 4.78 is 28.0. The number of halogens is 1. The molecule has 1 aromatic carbocycles. The van der Waals surface area contributed by atoms with Gasteiger partial charge in [0.05, 0.1) is 0 Å². The minimum Gasteiger partial charge on any atom is -0.314 e. The molecular formula is C11H16ClN3O2S. The van der Waals surface area contributed by atoms with Crippen molar-refractivity contribution in [3.05, 3.63) is 34.9 Å². The van der Waals surface area contributed by atoms with Crippen molar-refractivity contribution in [2.45, 2.75) is 6.54 Å². The van der Waals surface area contributed by atoms with Gasteiger partial charge < -0.3 is 5.32 Å². The normalized spacial score (nSPS) is 17.8. The van der Waals surface area contributed by atoms with Crippen LogP contribution in [0.15, 0.2) is 24.3 Å². The predicted molar refractivity (Wildman–Crippen MR) is 71.7 cm³/mol. The quantitative estimate of drug-likeness (QED) is 0.852. The minimum atomic E-state index is -3.39. The average Bonchev–Trinajstić information content (AvgIpc) is 2.38. The van der Waals surface area contributed by atoms with Crippen molar-refractivity contribution in [2.24, 2.45) is 0 Å². The molecule has 1 fully saturated rings. The molecule has 0 aliphatic carbocycles. The van der Waals surface area contributed by atoms with Crippen LogP contribution in [0, 0.1) is 0 Å². The Bertz CT molecular complexity index is 501. The lowest BCUT2D eigenvalue weighted by atomic mass is 10.2. The first-order valence-corrected chi connectivity index (χ1v) is 7.60. The Morgan fingerprint density at radius 3 is 2.72 bits per heavy atom. The van der Waals surface area contributed by atoms with Crippen molar-refractivity contribution in [1.29, 1.82) is 0 Å². The molecular weight excluding hydrogens is 274 g/mol. The highest BCUT2D eigenvalue weighted by Gasteiger charge is 2.22. The van der Waals surface area contributed by atoms with Crippen LogP contribution in [0.3, 0.4) is 0 Å². The fourth-order valence-electron chi connectivity index (χ4n) is 1.80. The van der Waals surface area contributed by atoms with Gasteiger partial charge in [0.1, 0.15) is 0 Å². The molecule has 0 atom stereocenters. The minimum absolute atomic E-state index is 0.257. The van der Waals surface area contributed by atoms with Gasteiger partial charge in [-0.2, -0.15) is 17.4 Å². The number of hydrogen-bond acceptors (Lipinski definition) is 3. The van der Waals surface area contributed by atoms with Crippen LogP contribution in [0.25, 0.3) is 0 Å². The molecule has 2 N–H and O–H groups in total. The molecule has 0 unspecified atom stereocenters. The summed E-state index contributed by atoms with van der Waals surface area (Å²) in [5.41, 5.74) is 0.848. The number of nitrogens with zero attached hydrogens (tertiary/aromatic N) is 1. The Kier molecular flexibility index (Phi) is 4.58. The van der Waals surface area contributed by atoms with Gasteiger partial charge in [-0.1, -0.05) is 23.7 Å². The van der Waals surface area contributed by atoms with Crippen LogP contribution < -0.4 is 10.0 Å². The summed E-state index contributed by atoms with van der Waals surface area (Å²) in [6.07, 6.45) is 0. The van der Waals surface area contributed by atoms with Gasteiger partial charge in [-0.05, 0) is 17.7 Å². The van der Waals surface area contributed by atoms with Gasteiger partial charge >= 0.3 is 0 Å². The molecule has 0 bridgehead atoms. The van der Waals surface area contributed by atoms with E-state index in [1.807, 2.05) is 6.07 Å². The standard InChI is InChI=1S/C11H16ClN3O2S/c12-11-3-1-2-10(8-11)9-14-18(16,17)15-6-4-13-5-7-15/h1-3,8,13-14H,4-7,9H2. The van der Waals surface area contributed by atoms with Crippen LogP contribution in [0.1, 0.15) is 5.56 Å². The number of rotatable bonds is 4. The number of benzene rings is 1. The number of hydrogen-bond donors (Lipinski definition) is 2. The summed E-state index contributed by atoms with van der Waals surface area (Å²) in [6, 6.07) is 7.15. The smallest absolute Gasteiger partial charge is 0.279 e. The summed E-state index contributed by atoms with van der Waals surface area (Å²) >= 11 is 5.85. The van der Waals surface area contributed by atoms with Gasteiger partial charge in [0.15, 0.2) is 0 Å². The molecule has 0 saturated carbocycles. The number of nitrogens with one attached hydrogen (secondary N) is 2. The van der Waals surface area contributed by atoms with E-state index in [0.29, 0.717) is 31.2 Å². The first-order chi connectivity index (χ1) is 8.58. The third kappa shape index (κ3) is 3.66. The van der Waals surface area contributed by atoms with Crippen molar-refractivity contribution in [2.75, 3.05) is 26.2 Å². The van der Waals surface area contributed by atoms with Crippen LogP contribution in [-0.4, -0.2) is 38.9 Å². The van der Waals surface area contributed by atoms with Crippen LogP contribution >= 0.6 is 11.6 Å². The van der Waals surface area contributed by atoms with E-state index in [-0.39, 0.29) is 6.54 Å². The summed E-state index contributed by atoms with van der Waals surface area (Å²) in [6.45, 7) is 2.65. The number of piperazine rings is 1. The second-order valence-corrected chi connectivity index (χ2v) is 6.30. The zero-order valence-electron chi connectivity index (χ0n) is 9.89. The molecule has 0 radical (unpaired) electrons. The van der Waals surface area contributed by atoms with E-state index in [4.69, 9.17) is 11.6 Å². The summed E-state index contributed by atoms with van der Waals surface area (Å²) in [7, 11) is -3.39. The highest BCUT2D eigenvalue weighted by molar-refractivity contribution is 7.87. The van der Waals surface area contributed by atoms with E-state index in [1.165, 1.54) is 4.31 Å². The van der Waals surface area contributed by atoms with E-state index < -0.39 is 10.2 Å². The third-order valence-electron chi connectivity index (χ3n) is 2.76. The fraction of sp³-hybridized carbons (Fsp3) is 0.455. The van der Waals surface area contributed by atoms with E-state index in [9.17, 15) is 8.42 Å². The van der Waals surface area contributed by atoms with Gasteiger partial charge in [0, 0.05) is 37.7 Å². The van der Waals surface area contributed by atoms with Crippen molar-refractivity contribution in [3.8, 4) is 0 Å². The molecule has 1 aromatic rings. The lowest BCUT2D eigenvalue weighted by Crippen LogP contribution is -2.50. The Labute approximate surface area is 112 Å². The van der Waals surface area contributed by atoms with Crippen molar-refractivity contribution >= 4 is 21.8 Å². The third-order valence-corrected chi connectivity index (χ3v) is 4.55. The van der Waals surface area contributed by atoms with Gasteiger partial charge in [-0.25, -0.2) is 0 Å². The first kappa shape index (κ1) is 13.8. The molecule has 5 nitrogen and oxygen atoms in total. The molecule has 1 saturated heterocycles. The maximum Gasteiger partial charge on any atom is 0.279 e. The highest BCUT2D eigenvalue weighted by Crippen LogP contribution is 2.11. The Hall–Kier alpha value is -0.660. The zero-order valence-corrected chi connectivity index (χ0v) is 11.5. The molecule has 7 heteroatoms. The Morgan fingerprint density at radius 1 is 1.33 bits per heavy atom. The first-order valence-electron chi connectivity index (χ1n) is 5.78. The maximum atomic E-state index is 12.0. The van der Waals surface area contributed by atoms with E-state index in [1.54, 1.807) is 18.2 Å². The molecule has 0 aromatic heterocycles. The average molecular weight is 290 g/mol. The SMILES string of the molecule is O=S(=O)(NCc1cccc(Cl)c1)N1CCNCC1. The van der Waals surface area contributed by atoms with Gasteiger partial charge in [0.25, 0.3) is 10.2 Å². The molecule has 1 aliphatic rings. The molecule has 1 heterocycles. The van der Waals surface area contributed by atoms with E-state index >= 15 is 0 Å². The molecule has 0 amide bonds. The molecule has 1 aliphatic heterocycles. The van der Waals surface area contributed by atoms with Gasteiger partial charge in [-0.15, -0.1) is 0 Å². The maximum absolute atomic E-state index is 12.0. The molecule has 100 valence electrons. The Balaban J connectivity index is 1.96. The summed E-state index contributed by atoms with van der Waals surface area (Å²) in [5.74, 6) is 0. The highest BCUT2D eigenvalue weighted by atomic mass is 35.5. The van der Waals surface area contributed by atoms with Crippen molar-refractivity contribution < 1.29 is 8.42 Å². The van der Waals surface area contributed by atoms with Crippen LogP contribution in [-0.2, 0) is 16.8 Å². The van der Waals surface area contributed by atoms with E-state index in [0.717, 1.165) is 5.56 Å². The lowest BCUT2D eigenvalue weighted by molar-refractivity contribution is 0.354. The lowest BCUT2D eigenvalue weighted by Gasteiger charge is -2.26. The molecule has 18 heavy (non-hydrogen) atoms. The zero-order chi connectivity index (χ0) is 13.0. The molecule has 2 rings (SSSR count). The second-order valence-electron chi connectivity index (χ2n) is 4.11. The Morgan fingerprint density at radius 2 is 2.06 bits per heavy atom. The van der Waals surface area contributed by atoms with Crippen LogP contribution in [0.2, 0.25) is 5.02 Å². The van der Waals surface area contributed by atoms with Crippen molar-refractivity contribution in [1.82, 2.24) is 14.3 Å². The molecule has 0 spiro atoms. The summed E-state index contributed by atoms with van der Waals surface area (Å²) in [4.78, 5) is 0.